The summed E-state index contributed by atoms with van der Waals surface area (Å²) >= 11 is 5.14. The second-order valence-corrected chi connectivity index (χ2v) is 6.25. The third kappa shape index (κ3) is 3.36. The molecule has 26 heavy (non-hydrogen) atoms. The minimum Gasteiger partial charge on any atom is -0.494 e. The second kappa shape index (κ2) is 7.09. The fourth-order valence-electron chi connectivity index (χ4n) is 2.54. The van der Waals surface area contributed by atoms with Crippen LogP contribution in [0.2, 0.25) is 0 Å². The van der Waals surface area contributed by atoms with Gasteiger partial charge in [-0.05, 0) is 49.8 Å². The smallest absolute Gasteiger partial charge is 0.336 e. The van der Waals surface area contributed by atoms with Gasteiger partial charge in [-0.1, -0.05) is 6.92 Å². The van der Waals surface area contributed by atoms with Gasteiger partial charge in [-0.2, -0.15) is 0 Å². The van der Waals surface area contributed by atoms with Crippen LogP contribution < -0.4 is 11.2 Å². The van der Waals surface area contributed by atoms with Gasteiger partial charge in [0.05, 0.1) is 5.69 Å². The predicted molar refractivity (Wildman–Crippen MR) is 102 cm³/mol. The summed E-state index contributed by atoms with van der Waals surface area (Å²) in [6.07, 6.45) is 2.03. The number of H-pyrrole nitrogens is 1. The molecular weight excluding hydrogens is 354 g/mol. The number of nitrogens with zero attached hydrogens (tertiary/aromatic N) is 2. The van der Waals surface area contributed by atoms with Gasteiger partial charge in [0.2, 0.25) is 5.88 Å². The molecule has 1 aromatic carbocycles. The first kappa shape index (κ1) is 17.8. The van der Waals surface area contributed by atoms with Crippen molar-refractivity contribution in [1.29, 1.82) is 0 Å². The maximum atomic E-state index is 12.2. The average Bonchev–Trinajstić information content (AvgIpc) is 2.61. The Bertz CT molecular complexity index is 1170. The van der Waals surface area contributed by atoms with Crippen molar-refractivity contribution in [3.8, 4) is 5.88 Å². The van der Waals surface area contributed by atoms with Crippen molar-refractivity contribution in [2.24, 2.45) is 4.99 Å². The molecule has 3 rings (SSSR count). The Morgan fingerprint density at radius 1 is 1.35 bits per heavy atom. The van der Waals surface area contributed by atoms with Gasteiger partial charge >= 0.3 is 5.63 Å². The normalized spacial score (nSPS) is 12.7. The summed E-state index contributed by atoms with van der Waals surface area (Å²) in [6.45, 7) is 3.85. The van der Waals surface area contributed by atoms with Gasteiger partial charge in [-0.25, -0.2) is 4.79 Å². The fourth-order valence-corrected chi connectivity index (χ4v) is 2.90. The molecule has 2 heterocycles. The lowest BCUT2D eigenvalue weighted by molar-refractivity contribution is 0.371. The van der Waals surface area contributed by atoms with E-state index in [1.54, 1.807) is 24.3 Å². The Morgan fingerprint density at radius 2 is 2.12 bits per heavy atom. The van der Waals surface area contributed by atoms with Crippen molar-refractivity contribution in [2.75, 3.05) is 0 Å². The summed E-state index contributed by atoms with van der Waals surface area (Å²) in [7, 11) is 0. The Morgan fingerprint density at radius 3 is 2.85 bits per heavy atom. The summed E-state index contributed by atoms with van der Waals surface area (Å²) < 4.78 is 6.73. The molecule has 0 radical (unpaired) electrons. The lowest BCUT2D eigenvalue weighted by Crippen LogP contribution is -2.20. The molecule has 7 nitrogen and oxygen atoms in total. The summed E-state index contributed by atoms with van der Waals surface area (Å²) in [5, 5.41) is 11.2. The van der Waals surface area contributed by atoms with Crippen LogP contribution in [0.1, 0.15) is 31.9 Å². The SMILES string of the molecule is CCC(C)n1c(O)c(C=Nc2ccc3oc(=O)ccc3c2)c(=O)[nH]c1=S. The van der Waals surface area contributed by atoms with Crippen LogP contribution in [0.5, 0.6) is 5.88 Å². The van der Waals surface area contributed by atoms with Crippen LogP contribution in [0.3, 0.4) is 0 Å². The van der Waals surface area contributed by atoms with Crippen molar-refractivity contribution in [1.82, 2.24) is 9.55 Å². The second-order valence-electron chi connectivity index (χ2n) is 5.86. The molecule has 2 N–H and O–H groups in total. The van der Waals surface area contributed by atoms with Crippen molar-refractivity contribution >= 4 is 35.1 Å². The summed E-state index contributed by atoms with van der Waals surface area (Å²) in [6, 6.07) is 7.87. The van der Waals surface area contributed by atoms with E-state index in [4.69, 9.17) is 16.6 Å². The van der Waals surface area contributed by atoms with E-state index in [0.29, 0.717) is 16.7 Å². The molecule has 8 heteroatoms. The molecule has 0 aliphatic rings. The highest BCUT2D eigenvalue weighted by molar-refractivity contribution is 7.71. The van der Waals surface area contributed by atoms with E-state index in [-0.39, 0.29) is 22.3 Å². The standard InChI is InChI=1S/C18H17N3O4S/c1-3-10(2)21-17(24)13(16(23)20-18(21)26)9-19-12-5-6-14-11(8-12)4-7-15(22)25-14/h4-10,24H,3H2,1-2H3,(H,20,23,26). The largest absolute Gasteiger partial charge is 0.494 e. The van der Waals surface area contributed by atoms with Crippen molar-refractivity contribution in [2.45, 2.75) is 26.3 Å². The van der Waals surface area contributed by atoms with Crippen molar-refractivity contribution in [3.63, 3.8) is 0 Å². The van der Waals surface area contributed by atoms with Crippen LogP contribution in [0.4, 0.5) is 5.69 Å². The molecule has 0 aliphatic heterocycles. The highest BCUT2D eigenvalue weighted by Crippen LogP contribution is 2.22. The summed E-state index contributed by atoms with van der Waals surface area (Å²) in [5.74, 6) is -0.219. The summed E-state index contributed by atoms with van der Waals surface area (Å²) in [4.78, 5) is 30.2. The first-order valence-corrected chi connectivity index (χ1v) is 8.47. The number of rotatable bonds is 4. The van der Waals surface area contributed by atoms with Gasteiger partial charge in [0.1, 0.15) is 11.1 Å². The molecule has 0 spiro atoms. The van der Waals surface area contributed by atoms with Gasteiger partial charge in [0.25, 0.3) is 5.56 Å². The molecule has 0 saturated carbocycles. The molecule has 1 atom stereocenters. The molecule has 0 aliphatic carbocycles. The lowest BCUT2D eigenvalue weighted by atomic mass is 10.2. The number of hydrogen-bond donors (Lipinski definition) is 2. The highest BCUT2D eigenvalue weighted by atomic mass is 32.1. The highest BCUT2D eigenvalue weighted by Gasteiger charge is 2.14. The van der Waals surface area contributed by atoms with E-state index in [0.717, 1.165) is 6.42 Å². The number of aromatic hydroxyl groups is 1. The zero-order valence-corrected chi connectivity index (χ0v) is 15.0. The molecule has 0 fully saturated rings. The number of nitrogens with one attached hydrogen (secondary N) is 1. The Hall–Kier alpha value is -3.00. The minimum atomic E-state index is -0.511. The quantitative estimate of drug-likeness (QED) is 0.416. The van der Waals surface area contributed by atoms with Crippen LogP contribution in [-0.2, 0) is 0 Å². The van der Waals surface area contributed by atoms with Crippen LogP contribution in [0.25, 0.3) is 11.0 Å². The molecule has 0 saturated heterocycles. The topological polar surface area (TPSA) is 101 Å². The van der Waals surface area contributed by atoms with E-state index in [1.165, 1.54) is 16.8 Å². The Balaban J connectivity index is 2.06. The lowest BCUT2D eigenvalue weighted by Gasteiger charge is -2.16. The molecule has 134 valence electrons. The van der Waals surface area contributed by atoms with E-state index in [1.807, 2.05) is 13.8 Å². The number of aromatic nitrogens is 2. The van der Waals surface area contributed by atoms with Gasteiger partial charge in [0, 0.05) is 23.7 Å². The first-order chi connectivity index (χ1) is 12.4. The van der Waals surface area contributed by atoms with Gasteiger partial charge in [-0.15, -0.1) is 0 Å². The monoisotopic (exact) mass is 371 g/mol. The van der Waals surface area contributed by atoms with Crippen molar-refractivity contribution in [3.05, 3.63) is 61.4 Å². The zero-order chi connectivity index (χ0) is 18.8. The van der Waals surface area contributed by atoms with Gasteiger partial charge < -0.3 is 9.52 Å². The molecule has 1 unspecified atom stereocenters. The maximum Gasteiger partial charge on any atom is 0.336 e. The number of benzene rings is 1. The molecule has 3 aromatic rings. The Labute approximate surface area is 153 Å². The Kier molecular flexibility index (Phi) is 4.85. The van der Waals surface area contributed by atoms with Crippen molar-refractivity contribution < 1.29 is 9.52 Å². The van der Waals surface area contributed by atoms with Crippen LogP contribution in [-0.4, -0.2) is 20.9 Å². The van der Waals surface area contributed by atoms with E-state index in [9.17, 15) is 14.7 Å². The minimum absolute atomic E-state index is 0.0265. The fraction of sp³-hybridized carbons (Fsp3) is 0.222. The van der Waals surface area contributed by atoms with E-state index in [2.05, 4.69) is 9.98 Å². The third-order valence-corrected chi connectivity index (χ3v) is 4.43. The van der Waals surface area contributed by atoms with Gasteiger partial charge in [0.15, 0.2) is 4.77 Å². The van der Waals surface area contributed by atoms with Gasteiger partial charge in [-0.3, -0.25) is 19.3 Å². The van der Waals surface area contributed by atoms with Crippen LogP contribution >= 0.6 is 12.2 Å². The predicted octanol–water partition coefficient (Wildman–Crippen LogP) is 3.44. The molecule has 0 amide bonds. The first-order valence-electron chi connectivity index (χ1n) is 8.06. The van der Waals surface area contributed by atoms with Crippen LogP contribution in [0.15, 0.2) is 49.3 Å². The maximum absolute atomic E-state index is 12.2. The number of aromatic amines is 1. The van der Waals surface area contributed by atoms with Crippen LogP contribution in [0, 0.1) is 4.77 Å². The number of fused-ring (bicyclic) bond motifs is 1. The molecule has 0 bridgehead atoms. The zero-order valence-electron chi connectivity index (χ0n) is 14.2. The molecular formula is C18H17N3O4S. The van der Waals surface area contributed by atoms with E-state index < -0.39 is 11.2 Å². The summed E-state index contributed by atoms with van der Waals surface area (Å²) in [5.41, 5.74) is 0.0786. The number of aliphatic imine (C=N–C) groups is 1. The average molecular weight is 371 g/mol. The number of hydrogen-bond acceptors (Lipinski definition) is 6. The molecule has 2 aromatic heterocycles. The third-order valence-electron chi connectivity index (χ3n) is 4.13. The van der Waals surface area contributed by atoms with E-state index >= 15 is 0 Å².